The first-order valence-electron chi connectivity index (χ1n) is 15.5. The third-order valence-corrected chi connectivity index (χ3v) is 7.41. The number of unbranched alkanes of at least 4 members (excludes halogenated alkanes) is 2. The zero-order valence-corrected chi connectivity index (χ0v) is 26.4. The van der Waals surface area contributed by atoms with Crippen LogP contribution in [0.15, 0.2) is 72.2 Å². The van der Waals surface area contributed by atoms with E-state index in [4.69, 9.17) is 14.2 Å². The number of piperazine rings is 1. The van der Waals surface area contributed by atoms with E-state index >= 15 is 0 Å². The lowest BCUT2D eigenvalue weighted by molar-refractivity contribution is 0.101. The molecule has 1 fully saturated rings. The van der Waals surface area contributed by atoms with E-state index in [9.17, 15) is 8.78 Å². The molecule has 0 bridgehead atoms. The average Bonchev–Trinajstić information content (AvgIpc) is 3.01. The van der Waals surface area contributed by atoms with E-state index in [0.29, 0.717) is 13.2 Å². The number of hydrogen-bond acceptors (Lipinski definition) is 5. The molecule has 5 nitrogen and oxygen atoms in total. The quantitative estimate of drug-likeness (QED) is 0.107. The lowest BCUT2D eigenvalue weighted by Crippen LogP contribution is -2.47. The van der Waals surface area contributed by atoms with Crippen LogP contribution in [0.4, 0.5) is 8.78 Å². The van der Waals surface area contributed by atoms with Gasteiger partial charge in [-0.2, -0.15) is 0 Å². The van der Waals surface area contributed by atoms with Gasteiger partial charge in [0.2, 0.25) is 0 Å². The molecular formula is C35H52F2N2O3. The molecule has 0 atom stereocenters. The Morgan fingerprint density at radius 3 is 1.86 bits per heavy atom. The SMILES string of the molecule is CC.CC/C=C(\C=C(/COC)OC)OCCN1CCN(CCCCCC(c2ccc(F)cc2)c2ccc(F)cc2)CC1. The van der Waals surface area contributed by atoms with E-state index in [0.717, 1.165) is 94.0 Å². The van der Waals surface area contributed by atoms with Crippen LogP contribution in [0, 0.1) is 11.6 Å². The molecule has 0 unspecified atom stereocenters. The number of benzene rings is 2. The highest BCUT2D eigenvalue weighted by atomic mass is 19.1. The molecule has 1 heterocycles. The zero-order valence-electron chi connectivity index (χ0n) is 26.4. The molecule has 0 aliphatic carbocycles. The average molecular weight is 587 g/mol. The molecule has 1 saturated heterocycles. The summed E-state index contributed by atoms with van der Waals surface area (Å²) in [6.07, 6.45) is 9.21. The minimum Gasteiger partial charge on any atom is -0.499 e. The van der Waals surface area contributed by atoms with Crippen LogP contribution in [-0.2, 0) is 14.2 Å². The zero-order chi connectivity index (χ0) is 30.6. The number of halogens is 2. The maximum absolute atomic E-state index is 13.5. The van der Waals surface area contributed by atoms with Gasteiger partial charge in [-0.3, -0.25) is 4.90 Å². The van der Waals surface area contributed by atoms with E-state index < -0.39 is 0 Å². The molecule has 0 spiro atoms. The molecule has 3 rings (SSSR count). The van der Waals surface area contributed by atoms with Crippen molar-refractivity contribution in [2.24, 2.45) is 0 Å². The van der Waals surface area contributed by atoms with Crippen LogP contribution < -0.4 is 0 Å². The van der Waals surface area contributed by atoms with Gasteiger partial charge < -0.3 is 19.1 Å². The minimum absolute atomic E-state index is 0.149. The van der Waals surface area contributed by atoms with Crippen molar-refractivity contribution in [2.45, 2.75) is 58.8 Å². The third-order valence-electron chi connectivity index (χ3n) is 7.41. The van der Waals surface area contributed by atoms with E-state index in [-0.39, 0.29) is 17.6 Å². The number of rotatable bonds is 17. The van der Waals surface area contributed by atoms with E-state index in [1.54, 1.807) is 14.2 Å². The summed E-state index contributed by atoms with van der Waals surface area (Å²) >= 11 is 0. The number of hydrogen-bond donors (Lipinski definition) is 0. The molecule has 1 aliphatic heterocycles. The fourth-order valence-corrected chi connectivity index (χ4v) is 5.13. The maximum Gasteiger partial charge on any atom is 0.125 e. The Labute approximate surface area is 253 Å². The standard InChI is InChI=1S/C33H46F2N2O3.C2H6/c1-4-8-31(25-32(39-3)26-38-2)40-24-23-37-21-19-36(20-22-37)18-7-5-6-9-33(27-10-14-29(34)15-11-27)28-12-16-30(35)17-13-28;1-2/h8,10-17,25,33H,4-7,9,18-24,26H2,1-3H3;1-2H3/b31-8+,32-25+;. The van der Waals surface area contributed by atoms with E-state index in [1.807, 2.05) is 44.2 Å². The Morgan fingerprint density at radius 2 is 1.36 bits per heavy atom. The van der Waals surface area contributed by atoms with Gasteiger partial charge in [0.15, 0.2) is 0 Å². The van der Waals surface area contributed by atoms with Crippen molar-refractivity contribution in [1.29, 1.82) is 0 Å². The molecular weight excluding hydrogens is 534 g/mol. The monoisotopic (exact) mass is 586 g/mol. The summed E-state index contributed by atoms with van der Waals surface area (Å²) in [5.41, 5.74) is 2.16. The Hall–Kier alpha value is -2.74. The van der Waals surface area contributed by atoms with Crippen molar-refractivity contribution in [2.75, 3.05) is 66.7 Å². The summed E-state index contributed by atoms with van der Waals surface area (Å²) in [5, 5.41) is 0. The highest BCUT2D eigenvalue weighted by Crippen LogP contribution is 2.30. The molecule has 0 aromatic heterocycles. The summed E-state index contributed by atoms with van der Waals surface area (Å²) in [6, 6.07) is 13.4. The molecule has 0 radical (unpaired) electrons. The largest absolute Gasteiger partial charge is 0.499 e. The summed E-state index contributed by atoms with van der Waals surface area (Å²) in [6.45, 7) is 13.4. The Morgan fingerprint density at radius 1 is 0.810 bits per heavy atom. The summed E-state index contributed by atoms with van der Waals surface area (Å²) < 4.78 is 43.5. The predicted octanol–water partition coefficient (Wildman–Crippen LogP) is 7.79. The van der Waals surface area contributed by atoms with Crippen LogP contribution in [0.1, 0.15) is 69.9 Å². The number of nitrogens with zero attached hydrogens (tertiary/aromatic N) is 2. The van der Waals surface area contributed by atoms with Gasteiger partial charge in [0.25, 0.3) is 0 Å². The molecule has 2 aromatic rings. The first-order valence-corrected chi connectivity index (χ1v) is 15.5. The van der Waals surface area contributed by atoms with Crippen molar-refractivity contribution in [1.82, 2.24) is 9.80 Å². The highest BCUT2D eigenvalue weighted by molar-refractivity contribution is 5.32. The lowest BCUT2D eigenvalue weighted by Gasteiger charge is -2.34. The van der Waals surface area contributed by atoms with Gasteiger partial charge in [0.1, 0.15) is 36.4 Å². The Balaban J connectivity index is 0.00000301. The topological polar surface area (TPSA) is 34.2 Å². The van der Waals surface area contributed by atoms with Gasteiger partial charge >= 0.3 is 0 Å². The predicted molar refractivity (Wildman–Crippen MR) is 169 cm³/mol. The van der Waals surface area contributed by atoms with Crippen LogP contribution in [0.3, 0.4) is 0 Å². The Kier molecular flexibility index (Phi) is 17.8. The van der Waals surface area contributed by atoms with Crippen molar-refractivity contribution >= 4 is 0 Å². The van der Waals surface area contributed by atoms with Gasteiger partial charge in [-0.1, -0.05) is 57.9 Å². The second-order valence-corrected chi connectivity index (χ2v) is 10.3. The molecule has 7 heteroatoms. The molecule has 0 N–H and O–H groups in total. The number of allylic oxidation sites excluding steroid dienone is 2. The van der Waals surface area contributed by atoms with Crippen molar-refractivity contribution < 1.29 is 23.0 Å². The second kappa shape index (κ2) is 21.0. The Bertz CT molecular complexity index is 988. The molecule has 234 valence electrons. The van der Waals surface area contributed by atoms with Crippen molar-refractivity contribution in [3.05, 3.63) is 95.0 Å². The second-order valence-electron chi connectivity index (χ2n) is 10.3. The smallest absolute Gasteiger partial charge is 0.125 e. The first kappa shape index (κ1) is 35.5. The number of ether oxygens (including phenoxy) is 3. The minimum atomic E-state index is -0.233. The molecule has 1 aliphatic rings. The molecule has 42 heavy (non-hydrogen) atoms. The van der Waals surface area contributed by atoms with Gasteiger partial charge in [-0.25, -0.2) is 8.78 Å². The van der Waals surface area contributed by atoms with Crippen LogP contribution in [-0.4, -0.2) is 76.5 Å². The van der Waals surface area contributed by atoms with Crippen molar-refractivity contribution in [3.63, 3.8) is 0 Å². The molecule has 0 amide bonds. The number of methoxy groups -OCH3 is 2. The van der Waals surface area contributed by atoms with Crippen molar-refractivity contribution in [3.8, 4) is 0 Å². The lowest BCUT2D eigenvalue weighted by atomic mass is 9.87. The van der Waals surface area contributed by atoms with E-state index in [2.05, 4.69) is 22.8 Å². The van der Waals surface area contributed by atoms with Crippen LogP contribution in [0.5, 0.6) is 0 Å². The summed E-state index contributed by atoms with van der Waals surface area (Å²) in [5.74, 6) is 1.26. The van der Waals surface area contributed by atoms with Gasteiger partial charge in [-0.05, 0) is 67.3 Å². The highest BCUT2D eigenvalue weighted by Gasteiger charge is 2.17. The van der Waals surface area contributed by atoms with Gasteiger partial charge in [0, 0.05) is 51.8 Å². The fraction of sp³-hybridized carbons (Fsp3) is 0.543. The van der Waals surface area contributed by atoms with Gasteiger partial charge in [0.05, 0.1) is 7.11 Å². The molecule has 2 aromatic carbocycles. The van der Waals surface area contributed by atoms with Crippen LogP contribution in [0.2, 0.25) is 0 Å². The molecule has 0 saturated carbocycles. The first-order chi connectivity index (χ1) is 20.5. The van der Waals surface area contributed by atoms with Crippen LogP contribution >= 0.6 is 0 Å². The maximum atomic E-state index is 13.5. The summed E-state index contributed by atoms with van der Waals surface area (Å²) in [7, 11) is 3.30. The van der Waals surface area contributed by atoms with Crippen LogP contribution in [0.25, 0.3) is 0 Å². The normalized spacial score (nSPS) is 15.0. The third kappa shape index (κ3) is 13.1. The van der Waals surface area contributed by atoms with Gasteiger partial charge in [-0.15, -0.1) is 0 Å². The fourth-order valence-electron chi connectivity index (χ4n) is 5.13. The van der Waals surface area contributed by atoms with E-state index in [1.165, 1.54) is 24.3 Å². The summed E-state index contributed by atoms with van der Waals surface area (Å²) in [4.78, 5) is 5.02.